The molecule has 2 N–H and O–H groups in total. The first-order valence-electron chi connectivity index (χ1n) is 11.5. The van der Waals surface area contributed by atoms with E-state index < -0.39 is 17.8 Å². The highest BCUT2D eigenvalue weighted by molar-refractivity contribution is 7.97. The normalized spacial score (nSPS) is 15.9. The van der Waals surface area contributed by atoms with Crippen LogP contribution < -0.4 is 14.4 Å². The first-order chi connectivity index (χ1) is 17.8. The molecule has 1 aliphatic rings. The largest absolute Gasteiger partial charge is 0.457 e. The first kappa shape index (κ1) is 27.1. The number of nitrogens with one attached hydrogen (secondary N) is 1. The van der Waals surface area contributed by atoms with Crippen LogP contribution in [-0.4, -0.2) is 48.0 Å². The number of nitrogens with zero attached hydrogens (tertiary/aromatic N) is 2. The van der Waals surface area contributed by atoms with Crippen LogP contribution in [0.15, 0.2) is 72.8 Å². The van der Waals surface area contributed by atoms with Crippen molar-refractivity contribution in [1.82, 2.24) is 9.62 Å². The molecule has 0 aliphatic carbocycles. The van der Waals surface area contributed by atoms with Gasteiger partial charge in [0.2, 0.25) is 0 Å². The van der Waals surface area contributed by atoms with Gasteiger partial charge in [-0.3, -0.25) is 9.62 Å². The Bertz CT molecular complexity index is 1200. The number of benzene rings is 3. The monoisotopic (exact) mass is 551 g/mol. The lowest BCUT2D eigenvalue weighted by molar-refractivity contribution is -0.137. The summed E-state index contributed by atoms with van der Waals surface area (Å²) < 4.78 is 49.0. The van der Waals surface area contributed by atoms with Gasteiger partial charge < -0.3 is 14.7 Å². The van der Waals surface area contributed by atoms with Gasteiger partial charge in [0.1, 0.15) is 11.5 Å². The van der Waals surface area contributed by atoms with Crippen LogP contribution >= 0.6 is 23.5 Å². The van der Waals surface area contributed by atoms with Crippen LogP contribution in [0.3, 0.4) is 0 Å². The van der Waals surface area contributed by atoms with Crippen LogP contribution in [0.2, 0.25) is 5.02 Å². The number of hydrogen-bond donors (Lipinski definition) is 2. The Morgan fingerprint density at radius 3 is 2.38 bits per heavy atom. The molecule has 2 amide bonds. The molecule has 3 aromatic carbocycles. The van der Waals surface area contributed by atoms with Crippen LogP contribution in [0.4, 0.5) is 23.7 Å². The molecule has 37 heavy (non-hydrogen) atoms. The van der Waals surface area contributed by atoms with Crippen molar-refractivity contribution in [2.75, 3.05) is 36.9 Å². The van der Waals surface area contributed by atoms with Gasteiger partial charge in [0.15, 0.2) is 0 Å². The van der Waals surface area contributed by atoms with E-state index in [-0.39, 0.29) is 19.2 Å². The van der Waals surface area contributed by atoms with Crippen molar-refractivity contribution in [3.8, 4) is 11.5 Å². The summed E-state index contributed by atoms with van der Waals surface area (Å²) in [5.74, 6) is 1.69. The second-order valence-corrected chi connectivity index (χ2v) is 9.68. The summed E-state index contributed by atoms with van der Waals surface area (Å²) in [5.41, 5.74) is 0.189. The minimum atomic E-state index is -4.49. The summed E-state index contributed by atoms with van der Waals surface area (Å²) in [4.78, 5) is 16.6. The molecule has 0 saturated carbocycles. The van der Waals surface area contributed by atoms with Crippen molar-refractivity contribution in [2.24, 2.45) is 0 Å². The minimum Gasteiger partial charge on any atom is -0.457 e. The molecule has 0 spiro atoms. The lowest BCUT2D eigenvalue weighted by Crippen LogP contribution is -2.34. The lowest BCUT2D eigenvalue weighted by atomic mass is 10.0. The number of carbonyl (C=O) groups excluding carboxylic acids is 1. The van der Waals surface area contributed by atoms with Crippen LogP contribution in [-0.2, 0) is 6.18 Å². The number of carbonyl (C=O) groups is 1. The fraction of sp³-hybridized carbons (Fsp3) is 0.269. The summed E-state index contributed by atoms with van der Waals surface area (Å²) >= 11 is 7.29. The summed E-state index contributed by atoms with van der Waals surface area (Å²) in [6, 6.07) is 17.9. The first-order valence-corrected chi connectivity index (χ1v) is 12.9. The van der Waals surface area contributed by atoms with Gasteiger partial charge in [-0.25, -0.2) is 4.79 Å². The number of aliphatic hydroxyl groups is 1. The number of aliphatic hydroxyl groups excluding tert-OH is 1. The zero-order valence-electron chi connectivity index (χ0n) is 19.6. The van der Waals surface area contributed by atoms with E-state index in [1.165, 1.54) is 22.9 Å². The molecule has 4 rings (SSSR count). The predicted octanol–water partition coefficient (Wildman–Crippen LogP) is 6.36. The third kappa shape index (κ3) is 6.89. The molecule has 1 unspecified atom stereocenters. The number of halogens is 4. The third-order valence-electron chi connectivity index (χ3n) is 5.72. The van der Waals surface area contributed by atoms with E-state index in [0.29, 0.717) is 46.6 Å². The highest BCUT2D eigenvalue weighted by Crippen LogP contribution is 2.38. The summed E-state index contributed by atoms with van der Waals surface area (Å²) in [7, 11) is 0. The summed E-state index contributed by atoms with van der Waals surface area (Å²) in [6.07, 6.45) is -4.49. The van der Waals surface area contributed by atoms with E-state index in [2.05, 4.69) is 4.72 Å². The molecule has 11 heteroatoms. The fourth-order valence-electron chi connectivity index (χ4n) is 3.97. The Balaban J connectivity index is 1.57. The number of ether oxygens (including phenoxy) is 1. The second kappa shape index (κ2) is 12.1. The molecule has 0 aromatic heterocycles. The number of rotatable bonds is 10. The maximum Gasteiger partial charge on any atom is 0.416 e. The molecular weight excluding hydrogens is 527 g/mol. The van der Waals surface area contributed by atoms with Gasteiger partial charge in [0, 0.05) is 36.1 Å². The zero-order chi connectivity index (χ0) is 26.4. The Morgan fingerprint density at radius 2 is 1.73 bits per heavy atom. The minimum absolute atomic E-state index is 0.00122. The standard InChI is InChI=1S/C26H25ClF3N3O3S/c27-20-4-8-22(9-5-20)36-23-10-6-21(7-11-23)33-24(18-2-1-3-19(16-18)26(28,29)30)17-32(25(33)35)13-15-37-31-12-14-34/h1-11,16,24,31,34H,12-15,17H2. The third-order valence-corrected chi connectivity index (χ3v) is 6.77. The molecule has 3 aromatic rings. The highest BCUT2D eigenvalue weighted by Gasteiger charge is 2.40. The van der Waals surface area contributed by atoms with Gasteiger partial charge in [0.25, 0.3) is 0 Å². The predicted molar refractivity (Wildman–Crippen MR) is 139 cm³/mol. The topological polar surface area (TPSA) is 65.0 Å². The van der Waals surface area contributed by atoms with Crippen molar-refractivity contribution in [2.45, 2.75) is 12.2 Å². The number of hydrogen-bond acceptors (Lipinski definition) is 5. The second-order valence-electron chi connectivity index (χ2n) is 8.25. The molecule has 196 valence electrons. The van der Waals surface area contributed by atoms with E-state index in [0.717, 1.165) is 12.1 Å². The Kier molecular flexibility index (Phi) is 8.86. The number of urea groups is 1. The van der Waals surface area contributed by atoms with Gasteiger partial charge in [-0.1, -0.05) is 35.7 Å². The summed E-state index contributed by atoms with van der Waals surface area (Å²) in [5, 5.41) is 9.48. The van der Waals surface area contributed by atoms with Gasteiger partial charge in [-0.05, 0) is 66.2 Å². The molecule has 0 bridgehead atoms. The van der Waals surface area contributed by atoms with E-state index in [9.17, 15) is 18.0 Å². The van der Waals surface area contributed by atoms with Crippen molar-refractivity contribution in [1.29, 1.82) is 0 Å². The summed E-state index contributed by atoms with van der Waals surface area (Å²) in [6.45, 7) is 1.05. The Labute approximate surface area is 222 Å². The van der Waals surface area contributed by atoms with Crippen molar-refractivity contribution in [3.05, 3.63) is 88.9 Å². The average Bonchev–Trinajstić information content (AvgIpc) is 3.21. The van der Waals surface area contributed by atoms with Gasteiger partial charge in [0.05, 0.1) is 18.2 Å². The zero-order valence-corrected chi connectivity index (χ0v) is 21.2. The van der Waals surface area contributed by atoms with Crippen LogP contribution in [0.25, 0.3) is 0 Å². The van der Waals surface area contributed by atoms with Gasteiger partial charge in [-0.2, -0.15) is 13.2 Å². The van der Waals surface area contributed by atoms with E-state index in [1.807, 2.05) is 0 Å². The maximum absolute atomic E-state index is 13.4. The quantitative estimate of drug-likeness (QED) is 0.227. The Hall–Kier alpha value is -2.92. The van der Waals surface area contributed by atoms with Crippen molar-refractivity contribution < 1.29 is 27.8 Å². The molecule has 1 aliphatic heterocycles. The van der Waals surface area contributed by atoms with E-state index in [1.54, 1.807) is 59.5 Å². The highest BCUT2D eigenvalue weighted by atomic mass is 35.5. The molecule has 1 saturated heterocycles. The molecular formula is C26H25ClF3N3O3S. The average molecular weight is 552 g/mol. The molecule has 1 heterocycles. The van der Waals surface area contributed by atoms with Crippen LogP contribution in [0, 0.1) is 0 Å². The lowest BCUT2D eigenvalue weighted by Gasteiger charge is -2.24. The molecule has 1 fully saturated rings. The number of amides is 2. The number of anilines is 1. The van der Waals surface area contributed by atoms with Crippen molar-refractivity contribution >= 4 is 35.3 Å². The Morgan fingerprint density at radius 1 is 1.05 bits per heavy atom. The SMILES string of the molecule is O=C1N(CCSNCCO)CC(c2cccc(C(F)(F)F)c2)N1c1ccc(Oc2ccc(Cl)cc2)cc1. The van der Waals surface area contributed by atoms with Crippen LogP contribution in [0.5, 0.6) is 11.5 Å². The van der Waals surface area contributed by atoms with E-state index >= 15 is 0 Å². The molecule has 1 atom stereocenters. The molecule has 6 nitrogen and oxygen atoms in total. The maximum atomic E-state index is 13.4. The van der Waals surface area contributed by atoms with E-state index in [4.69, 9.17) is 21.4 Å². The fourth-order valence-corrected chi connectivity index (χ4v) is 4.79. The van der Waals surface area contributed by atoms with Crippen molar-refractivity contribution in [3.63, 3.8) is 0 Å². The number of alkyl halides is 3. The van der Waals surface area contributed by atoms with Gasteiger partial charge >= 0.3 is 12.2 Å². The van der Waals surface area contributed by atoms with Gasteiger partial charge in [-0.15, -0.1) is 0 Å². The molecule has 0 radical (unpaired) electrons. The van der Waals surface area contributed by atoms with Crippen LogP contribution in [0.1, 0.15) is 17.2 Å². The smallest absolute Gasteiger partial charge is 0.416 e.